The van der Waals surface area contributed by atoms with Gasteiger partial charge in [0.15, 0.2) is 0 Å². The van der Waals surface area contributed by atoms with Gasteiger partial charge in [-0.2, -0.15) is 0 Å². The second-order valence-corrected chi connectivity index (χ2v) is 5.97. The van der Waals surface area contributed by atoms with Crippen LogP contribution in [0.2, 0.25) is 0 Å². The van der Waals surface area contributed by atoms with Crippen molar-refractivity contribution in [2.75, 3.05) is 46.9 Å². The zero-order valence-electron chi connectivity index (χ0n) is 10.7. The lowest BCUT2D eigenvalue weighted by Crippen LogP contribution is -2.39. The van der Waals surface area contributed by atoms with Crippen molar-refractivity contribution in [3.63, 3.8) is 0 Å². The number of nitrogens with zero attached hydrogens (tertiary/aromatic N) is 2. The molecule has 1 aliphatic rings. The molecule has 0 aromatic rings. The van der Waals surface area contributed by atoms with E-state index in [2.05, 4.69) is 37.7 Å². The van der Waals surface area contributed by atoms with Crippen LogP contribution in [-0.4, -0.2) is 61.8 Å². The molecule has 1 fully saturated rings. The lowest BCUT2D eigenvalue weighted by Gasteiger charge is -2.32. The molecule has 1 N–H and O–H groups in total. The quantitative estimate of drug-likeness (QED) is 0.736. The predicted molar refractivity (Wildman–Crippen MR) is 64.0 cm³/mol. The highest BCUT2D eigenvalue weighted by Crippen LogP contribution is 2.23. The van der Waals surface area contributed by atoms with Crippen LogP contribution in [0.25, 0.3) is 0 Å². The Morgan fingerprint density at radius 2 is 2.07 bits per heavy atom. The number of aliphatic hydroxyl groups is 1. The molecule has 15 heavy (non-hydrogen) atoms. The number of hydrogen-bond acceptors (Lipinski definition) is 3. The van der Waals surface area contributed by atoms with Gasteiger partial charge in [0.05, 0.1) is 0 Å². The molecule has 90 valence electrons. The van der Waals surface area contributed by atoms with Gasteiger partial charge in [0.25, 0.3) is 0 Å². The monoisotopic (exact) mass is 214 g/mol. The van der Waals surface area contributed by atoms with Gasteiger partial charge in [-0.3, -0.25) is 0 Å². The zero-order chi connectivity index (χ0) is 11.5. The molecular formula is C12H26N2O. The number of aliphatic hydroxyl groups excluding tert-OH is 1. The maximum atomic E-state index is 9.09. The molecule has 0 aromatic heterocycles. The van der Waals surface area contributed by atoms with Crippen molar-refractivity contribution in [2.45, 2.75) is 20.3 Å². The minimum absolute atomic E-state index is 0.341. The minimum Gasteiger partial charge on any atom is -0.396 e. The highest BCUT2D eigenvalue weighted by molar-refractivity contribution is 4.81. The van der Waals surface area contributed by atoms with E-state index in [-0.39, 0.29) is 0 Å². The molecule has 1 unspecified atom stereocenters. The van der Waals surface area contributed by atoms with E-state index in [4.69, 9.17) is 5.11 Å². The summed E-state index contributed by atoms with van der Waals surface area (Å²) in [6, 6.07) is 0. The Morgan fingerprint density at radius 1 is 1.40 bits per heavy atom. The summed E-state index contributed by atoms with van der Waals surface area (Å²) in [7, 11) is 4.25. The summed E-state index contributed by atoms with van der Waals surface area (Å²) in [6.07, 6.45) is 1.16. The van der Waals surface area contributed by atoms with Gasteiger partial charge in [-0.1, -0.05) is 13.8 Å². The van der Waals surface area contributed by atoms with E-state index in [1.54, 1.807) is 0 Å². The van der Waals surface area contributed by atoms with Crippen LogP contribution in [-0.2, 0) is 0 Å². The van der Waals surface area contributed by atoms with Crippen molar-refractivity contribution >= 4 is 0 Å². The Hall–Kier alpha value is -0.120. The van der Waals surface area contributed by atoms with Crippen LogP contribution < -0.4 is 0 Å². The highest BCUT2D eigenvalue weighted by Gasteiger charge is 2.27. The summed E-state index contributed by atoms with van der Waals surface area (Å²) >= 11 is 0. The van der Waals surface area contributed by atoms with Crippen LogP contribution in [0.5, 0.6) is 0 Å². The average molecular weight is 214 g/mol. The maximum absolute atomic E-state index is 9.09. The maximum Gasteiger partial charge on any atom is 0.0471 e. The topological polar surface area (TPSA) is 26.7 Å². The first-order chi connectivity index (χ1) is 6.93. The first-order valence-corrected chi connectivity index (χ1v) is 5.91. The van der Waals surface area contributed by atoms with Gasteiger partial charge in [0, 0.05) is 26.2 Å². The third kappa shape index (κ3) is 4.49. The number of likely N-dealkylation sites (tertiary alicyclic amines) is 1. The van der Waals surface area contributed by atoms with Crippen LogP contribution >= 0.6 is 0 Å². The van der Waals surface area contributed by atoms with Crippen LogP contribution in [0.3, 0.4) is 0 Å². The molecule has 0 amide bonds. The fraction of sp³-hybridized carbons (Fsp3) is 1.00. The molecule has 1 heterocycles. The molecule has 0 saturated carbocycles. The SMILES string of the molecule is CN(C)CC(C)(C)CN1CCC(CO)C1. The molecule has 0 radical (unpaired) electrons. The molecule has 1 rings (SSSR count). The molecule has 0 aliphatic carbocycles. The highest BCUT2D eigenvalue weighted by atomic mass is 16.3. The first-order valence-electron chi connectivity index (χ1n) is 5.91. The van der Waals surface area contributed by atoms with Crippen LogP contribution in [0.1, 0.15) is 20.3 Å². The first kappa shape index (κ1) is 12.9. The van der Waals surface area contributed by atoms with Gasteiger partial charge in [-0.15, -0.1) is 0 Å². The molecule has 1 atom stereocenters. The molecule has 1 saturated heterocycles. The smallest absolute Gasteiger partial charge is 0.0471 e. The van der Waals surface area contributed by atoms with Gasteiger partial charge in [-0.25, -0.2) is 0 Å². The minimum atomic E-state index is 0.341. The summed E-state index contributed by atoms with van der Waals surface area (Å²) in [5.41, 5.74) is 0.341. The molecular weight excluding hydrogens is 188 g/mol. The summed E-state index contributed by atoms with van der Waals surface area (Å²) in [6.45, 7) is 9.48. The Kier molecular flexibility index (Phi) is 4.56. The van der Waals surface area contributed by atoms with Gasteiger partial charge in [0.2, 0.25) is 0 Å². The Bertz CT molecular complexity index is 192. The standard InChI is InChI=1S/C12H26N2O/c1-12(2,9-13(3)4)10-14-6-5-11(7-14)8-15/h11,15H,5-10H2,1-4H3. The molecule has 0 bridgehead atoms. The van der Waals surface area contributed by atoms with Crippen molar-refractivity contribution < 1.29 is 5.11 Å². The molecule has 3 heteroatoms. The number of hydrogen-bond donors (Lipinski definition) is 1. The van der Waals surface area contributed by atoms with Gasteiger partial charge >= 0.3 is 0 Å². The fourth-order valence-electron chi connectivity index (χ4n) is 2.72. The molecule has 0 aromatic carbocycles. The van der Waals surface area contributed by atoms with E-state index in [1.807, 2.05) is 0 Å². The summed E-state index contributed by atoms with van der Waals surface area (Å²) in [5.74, 6) is 0.514. The van der Waals surface area contributed by atoms with E-state index >= 15 is 0 Å². The van der Waals surface area contributed by atoms with Crippen molar-refractivity contribution in [3.8, 4) is 0 Å². The van der Waals surface area contributed by atoms with E-state index in [9.17, 15) is 0 Å². The second kappa shape index (κ2) is 5.28. The lowest BCUT2D eigenvalue weighted by atomic mass is 9.92. The normalized spacial score (nSPS) is 24.0. The van der Waals surface area contributed by atoms with Crippen molar-refractivity contribution in [2.24, 2.45) is 11.3 Å². The Morgan fingerprint density at radius 3 is 2.53 bits per heavy atom. The van der Waals surface area contributed by atoms with Crippen LogP contribution in [0.15, 0.2) is 0 Å². The predicted octanol–water partition coefficient (Wildman–Crippen LogP) is 0.888. The molecule has 3 nitrogen and oxygen atoms in total. The summed E-state index contributed by atoms with van der Waals surface area (Å²) in [4.78, 5) is 4.74. The third-order valence-electron chi connectivity index (χ3n) is 3.02. The summed E-state index contributed by atoms with van der Waals surface area (Å²) in [5, 5.41) is 9.09. The van der Waals surface area contributed by atoms with E-state index < -0.39 is 0 Å². The van der Waals surface area contributed by atoms with Crippen LogP contribution in [0, 0.1) is 11.3 Å². The van der Waals surface area contributed by atoms with E-state index in [1.165, 1.54) is 0 Å². The third-order valence-corrected chi connectivity index (χ3v) is 3.02. The Balaban J connectivity index is 2.34. The Labute approximate surface area is 94.1 Å². The van der Waals surface area contributed by atoms with Gasteiger partial charge in [-0.05, 0) is 38.4 Å². The average Bonchev–Trinajstić information content (AvgIpc) is 2.48. The zero-order valence-corrected chi connectivity index (χ0v) is 10.7. The number of rotatable bonds is 5. The summed E-state index contributed by atoms with van der Waals surface area (Å²) < 4.78 is 0. The van der Waals surface area contributed by atoms with Crippen molar-refractivity contribution in [1.82, 2.24) is 9.80 Å². The van der Waals surface area contributed by atoms with Crippen LogP contribution in [0.4, 0.5) is 0 Å². The van der Waals surface area contributed by atoms with E-state index in [0.29, 0.717) is 17.9 Å². The fourth-order valence-corrected chi connectivity index (χ4v) is 2.72. The molecule has 0 spiro atoms. The largest absolute Gasteiger partial charge is 0.396 e. The second-order valence-electron chi connectivity index (χ2n) is 5.97. The van der Waals surface area contributed by atoms with Gasteiger partial charge in [0.1, 0.15) is 0 Å². The van der Waals surface area contributed by atoms with Gasteiger partial charge < -0.3 is 14.9 Å². The van der Waals surface area contributed by atoms with Crippen molar-refractivity contribution in [3.05, 3.63) is 0 Å². The molecule has 1 aliphatic heterocycles. The lowest BCUT2D eigenvalue weighted by molar-refractivity contribution is 0.153. The van der Waals surface area contributed by atoms with E-state index in [0.717, 1.165) is 32.6 Å². The van der Waals surface area contributed by atoms with Crippen molar-refractivity contribution in [1.29, 1.82) is 0 Å².